The van der Waals surface area contributed by atoms with E-state index in [0.717, 1.165) is 16.9 Å². The lowest BCUT2D eigenvalue weighted by atomic mass is 10.0. The van der Waals surface area contributed by atoms with Crippen molar-refractivity contribution in [2.75, 3.05) is 20.3 Å². The van der Waals surface area contributed by atoms with Gasteiger partial charge in [0, 0.05) is 18.1 Å². The summed E-state index contributed by atoms with van der Waals surface area (Å²) in [7, 11) is -6.71. The molecule has 5 aromatic rings. The Bertz CT molecular complexity index is 2600. The van der Waals surface area contributed by atoms with Crippen LogP contribution < -0.4 is 30.5 Å². The Hall–Kier alpha value is -5.99. The number of hydrogen-bond donors (Lipinski definition) is 5. The summed E-state index contributed by atoms with van der Waals surface area (Å²) in [6, 6.07) is 24.2. The number of hydrogen-bond acceptors (Lipinski definition) is 12. The predicted molar refractivity (Wildman–Crippen MR) is 246 cm³/mol. The van der Waals surface area contributed by atoms with Gasteiger partial charge in [-0.05, 0) is 79.5 Å². The molecule has 0 aliphatic carbocycles. The zero-order chi connectivity index (χ0) is 46.3. The number of aliphatic imine (C=N–C) groups is 1. The molecular formula is C45H53N7O9S3. The highest BCUT2D eigenvalue weighted by atomic mass is 32.2. The van der Waals surface area contributed by atoms with Gasteiger partial charge < -0.3 is 25.8 Å². The average molecular weight is 932 g/mol. The molecule has 0 saturated carbocycles. The minimum atomic E-state index is -4.14. The Morgan fingerprint density at radius 1 is 0.797 bits per heavy atom. The van der Waals surface area contributed by atoms with Gasteiger partial charge in [-0.1, -0.05) is 91.0 Å². The van der Waals surface area contributed by atoms with E-state index in [-0.39, 0.29) is 60.6 Å². The standard InChI is InChI=1S/C45H53N7O9S3/c1-30-25-39(60-4)31(2)32(3)41(30)64(58,59)52-45(46)48-22-14-21-36(40(53)44-47-23-24-62-44)49-43(55)38(28-61-27-34-17-10-6-11-18-34)50-42(54)37(26-33-15-8-5-9-16-33)51-63(56,57)29-35-19-12-7-13-20-35/h5-13,15-20,23-25,36-38,51H,14,21-22,26-29H2,1-4H3,(H,49,55)(H,50,54)(H3,46,48,52)/t36-,37+,38-/m0/s1. The normalized spacial score (nSPS) is 13.3. The minimum absolute atomic E-state index is 0.0189. The van der Waals surface area contributed by atoms with Crippen molar-refractivity contribution in [2.24, 2.45) is 10.7 Å². The quantitative estimate of drug-likeness (QED) is 0.0269. The molecule has 64 heavy (non-hydrogen) atoms. The number of Topliss-reactive ketones (excluding diaryl/α,β-unsaturated/α-hetero) is 1. The summed E-state index contributed by atoms with van der Waals surface area (Å²) in [4.78, 5) is 50.5. The lowest BCUT2D eigenvalue weighted by molar-refractivity contribution is -0.131. The van der Waals surface area contributed by atoms with E-state index in [0.29, 0.717) is 33.6 Å². The number of benzene rings is 4. The second-order valence-electron chi connectivity index (χ2n) is 14.9. The van der Waals surface area contributed by atoms with Gasteiger partial charge in [0.05, 0.1) is 37.0 Å². The van der Waals surface area contributed by atoms with E-state index in [9.17, 15) is 31.2 Å². The highest BCUT2D eigenvalue weighted by molar-refractivity contribution is 7.90. The fraction of sp³-hybridized carbons (Fsp3) is 0.311. The highest BCUT2D eigenvalue weighted by Crippen LogP contribution is 2.30. The first-order valence-electron chi connectivity index (χ1n) is 20.3. The molecule has 6 N–H and O–H groups in total. The van der Waals surface area contributed by atoms with Gasteiger partial charge in [0.25, 0.3) is 10.0 Å². The van der Waals surface area contributed by atoms with Gasteiger partial charge in [0.1, 0.15) is 17.8 Å². The maximum Gasteiger partial charge on any atom is 0.264 e. The molecule has 5 rings (SSSR count). The number of aromatic nitrogens is 1. The molecule has 4 aromatic carbocycles. The molecule has 3 atom stereocenters. The number of ketones is 1. The number of carbonyl (C=O) groups excluding carboxylic acids is 3. The molecule has 0 fully saturated rings. The fourth-order valence-electron chi connectivity index (χ4n) is 6.81. The van der Waals surface area contributed by atoms with Gasteiger partial charge in [-0.15, -0.1) is 11.3 Å². The maximum atomic E-state index is 14.2. The van der Waals surface area contributed by atoms with Crippen molar-refractivity contribution < 1.29 is 40.7 Å². The molecule has 0 spiro atoms. The molecule has 340 valence electrons. The van der Waals surface area contributed by atoms with Crippen LogP contribution in [-0.2, 0) is 53.2 Å². The van der Waals surface area contributed by atoms with Crippen LogP contribution >= 0.6 is 11.3 Å². The fourth-order valence-corrected chi connectivity index (χ4v) is 10.3. The number of rotatable bonds is 23. The number of nitrogens with one attached hydrogen (secondary N) is 4. The van der Waals surface area contributed by atoms with Gasteiger partial charge in [-0.3, -0.25) is 19.4 Å². The third-order valence-electron chi connectivity index (χ3n) is 10.1. The van der Waals surface area contributed by atoms with Crippen molar-refractivity contribution >= 4 is 54.9 Å². The van der Waals surface area contributed by atoms with Crippen molar-refractivity contribution in [3.05, 3.63) is 147 Å². The summed E-state index contributed by atoms with van der Waals surface area (Å²) in [5.41, 5.74) is 9.62. The van der Waals surface area contributed by atoms with E-state index in [2.05, 4.69) is 30.1 Å². The molecule has 0 radical (unpaired) electrons. The summed E-state index contributed by atoms with van der Waals surface area (Å²) >= 11 is 1.08. The third-order valence-corrected chi connectivity index (χ3v) is 13.9. The molecule has 1 aromatic heterocycles. The van der Waals surface area contributed by atoms with Crippen LogP contribution in [0.5, 0.6) is 5.75 Å². The van der Waals surface area contributed by atoms with E-state index in [1.165, 1.54) is 13.3 Å². The molecule has 19 heteroatoms. The smallest absolute Gasteiger partial charge is 0.264 e. The molecule has 16 nitrogen and oxygen atoms in total. The summed E-state index contributed by atoms with van der Waals surface area (Å²) in [6.45, 7) is 4.78. The molecular weight excluding hydrogens is 879 g/mol. The lowest BCUT2D eigenvalue weighted by Gasteiger charge is -2.25. The number of ether oxygens (including phenoxy) is 2. The number of guanidine groups is 1. The van der Waals surface area contributed by atoms with Gasteiger partial charge in [0.2, 0.25) is 33.6 Å². The largest absolute Gasteiger partial charge is 0.496 e. The van der Waals surface area contributed by atoms with Crippen LogP contribution in [0.15, 0.2) is 119 Å². The van der Waals surface area contributed by atoms with Crippen LogP contribution in [0.3, 0.4) is 0 Å². The van der Waals surface area contributed by atoms with E-state index in [4.69, 9.17) is 15.2 Å². The Kier molecular flexibility index (Phi) is 17.7. The summed E-state index contributed by atoms with van der Waals surface area (Å²) in [5, 5.41) is 7.17. The minimum Gasteiger partial charge on any atom is -0.496 e. The van der Waals surface area contributed by atoms with Crippen LogP contribution in [-0.4, -0.2) is 83.8 Å². The Balaban J connectivity index is 1.34. The van der Waals surface area contributed by atoms with Crippen molar-refractivity contribution in [2.45, 2.75) is 75.4 Å². The Morgan fingerprint density at radius 2 is 1.39 bits per heavy atom. The van der Waals surface area contributed by atoms with Gasteiger partial charge in [0.15, 0.2) is 5.01 Å². The predicted octanol–water partition coefficient (Wildman–Crippen LogP) is 4.25. The van der Waals surface area contributed by atoms with Crippen LogP contribution in [0.2, 0.25) is 0 Å². The molecule has 0 aliphatic rings. The number of nitrogens with two attached hydrogens (primary N) is 1. The Morgan fingerprint density at radius 3 is 2.00 bits per heavy atom. The zero-order valence-corrected chi connectivity index (χ0v) is 38.4. The first-order chi connectivity index (χ1) is 30.6. The van der Waals surface area contributed by atoms with Crippen molar-refractivity contribution in [3.63, 3.8) is 0 Å². The number of thiazole rings is 1. The van der Waals surface area contributed by atoms with Crippen LogP contribution in [0.4, 0.5) is 0 Å². The molecule has 0 unspecified atom stereocenters. The molecule has 0 saturated heterocycles. The van der Waals surface area contributed by atoms with Crippen LogP contribution in [0, 0.1) is 20.8 Å². The van der Waals surface area contributed by atoms with Gasteiger partial charge >= 0.3 is 0 Å². The van der Waals surface area contributed by atoms with Crippen molar-refractivity contribution in [1.29, 1.82) is 0 Å². The second-order valence-corrected chi connectivity index (χ2v) is 19.2. The monoisotopic (exact) mass is 931 g/mol. The van der Waals surface area contributed by atoms with Crippen LogP contribution in [0.25, 0.3) is 0 Å². The molecule has 0 bridgehead atoms. The molecule has 1 heterocycles. The van der Waals surface area contributed by atoms with Gasteiger partial charge in [-0.25, -0.2) is 31.3 Å². The molecule has 0 aliphatic heterocycles. The summed E-state index contributed by atoms with van der Waals surface area (Å²) in [6.07, 6.45) is 1.59. The molecule has 2 amide bonds. The number of nitrogens with zero attached hydrogens (tertiary/aromatic N) is 2. The zero-order valence-electron chi connectivity index (χ0n) is 35.9. The maximum absolute atomic E-state index is 14.2. The second kappa shape index (κ2) is 23.1. The SMILES string of the molecule is COc1cc(C)c(S(=O)(=O)NC(N)=NCCC[C@H](NC(=O)[C@H](COCc2ccccc2)NC(=O)[C@@H](Cc2ccccc2)NS(=O)(=O)Cc2ccccc2)C(=O)c2nccs2)c(C)c1C. The Labute approximate surface area is 378 Å². The van der Waals surface area contributed by atoms with Crippen molar-refractivity contribution in [3.8, 4) is 5.75 Å². The van der Waals surface area contributed by atoms with Gasteiger partial charge in [-0.2, -0.15) is 0 Å². The number of amides is 2. The van der Waals surface area contributed by atoms with Crippen molar-refractivity contribution in [1.82, 2.24) is 25.1 Å². The van der Waals surface area contributed by atoms with E-state index < -0.39 is 55.8 Å². The number of sulfonamides is 2. The number of methoxy groups -OCH3 is 1. The first-order valence-corrected chi connectivity index (χ1v) is 24.3. The van der Waals surface area contributed by atoms with Crippen LogP contribution in [0.1, 0.15) is 56.0 Å². The number of aryl methyl sites for hydroxylation is 1. The average Bonchev–Trinajstić information content (AvgIpc) is 3.81. The third kappa shape index (κ3) is 14.3. The lowest BCUT2D eigenvalue weighted by Crippen LogP contribution is -2.57. The first kappa shape index (κ1) is 49.0. The highest BCUT2D eigenvalue weighted by Gasteiger charge is 2.32. The summed E-state index contributed by atoms with van der Waals surface area (Å²) < 4.78 is 69.9. The topological polar surface area (TPSA) is 237 Å². The summed E-state index contributed by atoms with van der Waals surface area (Å²) in [5.74, 6) is -2.30. The number of carbonyl (C=O) groups is 3. The van der Waals surface area contributed by atoms with E-state index in [1.54, 1.807) is 92.9 Å². The van der Waals surface area contributed by atoms with E-state index in [1.807, 2.05) is 30.3 Å². The van der Waals surface area contributed by atoms with E-state index >= 15 is 0 Å².